The summed E-state index contributed by atoms with van der Waals surface area (Å²) >= 11 is 0. The predicted octanol–water partition coefficient (Wildman–Crippen LogP) is 4.01. The normalized spacial score (nSPS) is 10.2. The molecule has 0 atom stereocenters. The first-order valence-electron chi connectivity index (χ1n) is 5.65. The van der Waals surface area contributed by atoms with E-state index in [1.807, 2.05) is 18.2 Å². The smallest absolute Gasteiger partial charge is 0.181 e. The van der Waals surface area contributed by atoms with Crippen LogP contribution in [-0.4, -0.2) is 0 Å². The third-order valence-electron chi connectivity index (χ3n) is 2.73. The summed E-state index contributed by atoms with van der Waals surface area (Å²) in [5, 5.41) is 11.5. The standard InChI is InChI=1S/C15H15O/c16-15-12-5-4-10-14(15)11-6-9-13-7-2-1-3-8-13/h1-5,7-8,10,12H,6,9,11H2. The van der Waals surface area contributed by atoms with Crippen LogP contribution in [0.25, 0.3) is 0 Å². The Morgan fingerprint density at radius 2 is 1.44 bits per heavy atom. The van der Waals surface area contributed by atoms with Crippen molar-refractivity contribution in [2.45, 2.75) is 19.3 Å². The lowest BCUT2D eigenvalue weighted by atomic mass is 10.0. The Morgan fingerprint density at radius 3 is 2.19 bits per heavy atom. The molecule has 0 amide bonds. The molecule has 1 heteroatoms. The Kier molecular flexibility index (Phi) is 3.60. The Morgan fingerprint density at radius 1 is 0.750 bits per heavy atom. The summed E-state index contributed by atoms with van der Waals surface area (Å²) < 4.78 is 0. The monoisotopic (exact) mass is 211 g/mol. The lowest BCUT2D eigenvalue weighted by Crippen LogP contribution is -1.89. The molecule has 2 aromatic rings. The summed E-state index contributed by atoms with van der Waals surface area (Å²) in [6, 6.07) is 17.7. The molecule has 0 aliphatic heterocycles. The lowest BCUT2D eigenvalue weighted by Gasteiger charge is -2.02. The van der Waals surface area contributed by atoms with Gasteiger partial charge in [0.1, 0.15) is 0 Å². The van der Waals surface area contributed by atoms with Gasteiger partial charge in [-0.15, -0.1) is 0 Å². The van der Waals surface area contributed by atoms with E-state index in [4.69, 9.17) is 0 Å². The highest BCUT2D eigenvalue weighted by Crippen LogP contribution is 2.18. The molecular formula is C15H15O. The maximum Gasteiger partial charge on any atom is 0.181 e. The van der Waals surface area contributed by atoms with Gasteiger partial charge in [0.2, 0.25) is 0 Å². The first-order chi connectivity index (χ1) is 7.86. The molecule has 0 saturated carbocycles. The molecular weight excluding hydrogens is 196 g/mol. The van der Waals surface area contributed by atoms with Crippen molar-refractivity contribution in [1.82, 2.24) is 0 Å². The molecule has 0 heterocycles. The molecule has 0 fully saturated rings. The molecule has 0 unspecified atom stereocenters. The van der Waals surface area contributed by atoms with Crippen LogP contribution in [0.4, 0.5) is 0 Å². The summed E-state index contributed by atoms with van der Waals surface area (Å²) in [5.41, 5.74) is 2.27. The molecule has 0 bridgehead atoms. The fourth-order valence-corrected chi connectivity index (χ4v) is 1.84. The number of hydrogen-bond acceptors (Lipinski definition) is 0. The van der Waals surface area contributed by atoms with Crippen molar-refractivity contribution < 1.29 is 5.11 Å². The van der Waals surface area contributed by atoms with E-state index in [-0.39, 0.29) is 5.75 Å². The summed E-state index contributed by atoms with van der Waals surface area (Å²) in [4.78, 5) is 0. The summed E-state index contributed by atoms with van der Waals surface area (Å²) in [5.74, 6) is 0.163. The second kappa shape index (κ2) is 5.36. The van der Waals surface area contributed by atoms with Crippen LogP contribution in [0.1, 0.15) is 17.5 Å². The molecule has 0 aromatic heterocycles. The van der Waals surface area contributed by atoms with Gasteiger partial charge in [-0.2, -0.15) is 0 Å². The molecule has 16 heavy (non-hydrogen) atoms. The summed E-state index contributed by atoms with van der Waals surface area (Å²) in [6.07, 6.45) is 2.94. The van der Waals surface area contributed by atoms with Crippen molar-refractivity contribution in [3.8, 4) is 5.75 Å². The van der Waals surface area contributed by atoms with E-state index in [1.165, 1.54) is 5.56 Å². The minimum atomic E-state index is 0.163. The maximum atomic E-state index is 11.5. The molecule has 0 aliphatic rings. The number of aryl methyl sites for hydroxylation is 2. The van der Waals surface area contributed by atoms with Crippen molar-refractivity contribution in [2.75, 3.05) is 0 Å². The average molecular weight is 211 g/mol. The Bertz CT molecular complexity index is 434. The van der Waals surface area contributed by atoms with Gasteiger partial charge in [-0.1, -0.05) is 48.5 Å². The van der Waals surface area contributed by atoms with Crippen LogP contribution in [0.5, 0.6) is 5.75 Å². The summed E-state index contributed by atoms with van der Waals surface area (Å²) in [6.45, 7) is 0. The van der Waals surface area contributed by atoms with E-state index in [2.05, 4.69) is 24.3 Å². The van der Waals surface area contributed by atoms with Gasteiger partial charge in [0.05, 0.1) is 0 Å². The van der Waals surface area contributed by atoms with Gasteiger partial charge < -0.3 is 0 Å². The fourth-order valence-electron chi connectivity index (χ4n) is 1.84. The SMILES string of the molecule is [O]c1ccccc1CCCc1ccccc1. The van der Waals surface area contributed by atoms with Gasteiger partial charge in [0, 0.05) is 0 Å². The third kappa shape index (κ3) is 2.86. The highest BCUT2D eigenvalue weighted by Gasteiger charge is 2.01. The highest BCUT2D eigenvalue weighted by molar-refractivity contribution is 5.31. The van der Waals surface area contributed by atoms with Crippen LogP contribution < -0.4 is 0 Å². The Balaban J connectivity index is 1.87. The van der Waals surface area contributed by atoms with Crippen molar-refractivity contribution in [3.63, 3.8) is 0 Å². The molecule has 1 nitrogen and oxygen atoms in total. The van der Waals surface area contributed by atoms with Gasteiger partial charge >= 0.3 is 0 Å². The number of rotatable bonds is 4. The van der Waals surface area contributed by atoms with Gasteiger partial charge in [-0.05, 0) is 36.5 Å². The highest BCUT2D eigenvalue weighted by atomic mass is 16.3. The van der Waals surface area contributed by atoms with E-state index in [0.717, 1.165) is 24.8 Å². The lowest BCUT2D eigenvalue weighted by molar-refractivity contribution is 0.349. The van der Waals surface area contributed by atoms with Crippen molar-refractivity contribution in [3.05, 3.63) is 65.7 Å². The fraction of sp³-hybridized carbons (Fsp3) is 0.200. The van der Waals surface area contributed by atoms with Crippen LogP contribution in [0.15, 0.2) is 54.6 Å². The van der Waals surface area contributed by atoms with Crippen molar-refractivity contribution in [1.29, 1.82) is 0 Å². The van der Waals surface area contributed by atoms with Gasteiger partial charge in [-0.3, -0.25) is 5.11 Å². The molecule has 0 N–H and O–H groups in total. The average Bonchev–Trinajstić information content (AvgIpc) is 2.33. The van der Waals surface area contributed by atoms with E-state index >= 15 is 0 Å². The zero-order chi connectivity index (χ0) is 11.2. The van der Waals surface area contributed by atoms with Crippen LogP contribution in [0.3, 0.4) is 0 Å². The van der Waals surface area contributed by atoms with Crippen molar-refractivity contribution >= 4 is 0 Å². The molecule has 81 valence electrons. The first kappa shape index (κ1) is 10.7. The van der Waals surface area contributed by atoms with E-state index in [9.17, 15) is 5.11 Å². The third-order valence-corrected chi connectivity index (χ3v) is 2.73. The molecule has 2 rings (SSSR count). The van der Waals surface area contributed by atoms with Crippen LogP contribution >= 0.6 is 0 Å². The van der Waals surface area contributed by atoms with E-state index in [0.29, 0.717) is 0 Å². The predicted molar refractivity (Wildman–Crippen MR) is 65.0 cm³/mol. The number of hydrogen-bond donors (Lipinski definition) is 0. The van der Waals surface area contributed by atoms with Gasteiger partial charge in [-0.25, -0.2) is 0 Å². The second-order valence-corrected chi connectivity index (χ2v) is 3.95. The van der Waals surface area contributed by atoms with Gasteiger partial charge in [0.25, 0.3) is 0 Å². The van der Waals surface area contributed by atoms with Crippen LogP contribution in [0, 0.1) is 0 Å². The van der Waals surface area contributed by atoms with Crippen LogP contribution in [0.2, 0.25) is 0 Å². The zero-order valence-electron chi connectivity index (χ0n) is 9.23. The maximum absolute atomic E-state index is 11.5. The molecule has 0 spiro atoms. The second-order valence-electron chi connectivity index (χ2n) is 3.95. The van der Waals surface area contributed by atoms with Crippen LogP contribution in [-0.2, 0) is 17.9 Å². The quantitative estimate of drug-likeness (QED) is 0.728. The minimum absolute atomic E-state index is 0.163. The molecule has 1 radical (unpaired) electrons. The molecule has 0 saturated heterocycles. The largest absolute Gasteiger partial charge is 0.290 e. The Hall–Kier alpha value is -1.76. The van der Waals surface area contributed by atoms with Crippen molar-refractivity contribution in [2.24, 2.45) is 0 Å². The first-order valence-corrected chi connectivity index (χ1v) is 5.65. The van der Waals surface area contributed by atoms with Gasteiger partial charge in [0.15, 0.2) is 5.75 Å². The topological polar surface area (TPSA) is 19.9 Å². The zero-order valence-corrected chi connectivity index (χ0v) is 9.23. The summed E-state index contributed by atoms with van der Waals surface area (Å²) in [7, 11) is 0. The number of benzene rings is 2. The van der Waals surface area contributed by atoms with E-state index in [1.54, 1.807) is 12.1 Å². The molecule has 0 aliphatic carbocycles. The number of para-hydroxylation sites is 1. The minimum Gasteiger partial charge on any atom is -0.290 e. The molecule has 2 aromatic carbocycles. The van der Waals surface area contributed by atoms with E-state index < -0.39 is 0 Å². The Labute approximate surface area is 96.4 Å².